The Morgan fingerprint density at radius 3 is 2.62 bits per heavy atom. The van der Waals surface area contributed by atoms with Crippen molar-refractivity contribution in [2.24, 2.45) is 0 Å². The van der Waals surface area contributed by atoms with Gasteiger partial charge in [-0.2, -0.15) is 0 Å². The van der Waals surface area contributed by atoms with Gasteiger partial charge < -0.3 is 4.57 Å². The second-order valence-corrected chi connectivity index (χ2v) is 5.92. The Kier molecular flexibility index (Phi) is 4.18. The van der Waals surface area contributed by atoms with Crippen LogP contribution in [0.5, 0.6) is 0 Å². The first-order valence-corrected chi connectivity index (χ1v) is 7.86. The minimum atomic E-state index is 0.379. The molecule has 0 spiro atoms. The Morgan fingerprint density at radius 1 is 1.14 bits per heavy atom. The van der Waals surface area contributed by atoms with Gasteiger partial charge in [0.2, 0.25) is 0 Å². The van der Waals surface area contributed by atoms with Crippen LogP contribution in [0.25, 0.3) is 11.0 Å². The van der Waals surface area contributed by atoms with E-state index in [1.54, 1.807) is 0 Å². The van der Waals surface area contributed by atoms with Crippen molar-refractivity contribution >= 4 is 34.2 Å². The number of rotatable bonds is 4. The van der Waals surface area contributed by atoms with Gasteiger partial charge in [-0.15, -0.1) is 11.6 Å². The van der Waals surface area contributed by atoms with Gasteiger partial charge in [0.15, 0.2) is 0 Å². The number of aromatic nitrogens is 2. The fourth-order valence-electron chi connectivity index (χ4n) is 2.61. The number of imidazole rings is 1. The summed E-state index contributed by atoms with van der Waals surface area (Å²) in [4.78, 5) is 4.59. The minimum Gasteiger partial charge on any atom is -0.326 e. The molecule has 1 unspecified atom stereocenters. The van der Waals surface area contributed by atoms with Crippen LogP contribution in [-0.2, 0) is 12.4 Å². The van der Waals surface area contributed by atoms with Gasteiger partial charge in [0, 0.05) is 11.6 Å². The van der Waals surface area contributed by atoms with Crippen molar-refractivity contribution < 1.29 is 0 Å². The Balaban J connectivity index is 2.01. The highest BCUT2D eigenvalue weighted by atomic mass is 35.5. The quantitative estimate of drug-likeness (QED) is 0.602. The van der Waals surface area contributed by atoms with E-state index in [-0.39, 0.29) is 0 Å². The molecule has 2 nitrogen and oxygen atoms in total. The SMILES string of the molecule is CC(Cn1c(CCl)nc2ccc(Cl)cc21)c1ccccc1. The van der Waals surface area contributed by atoms with Gasteiger partial charge >= 0.3 is 0 Å². The van der Waals surface area contributed by atoms with E-state index in [0.717, 1.165) is 28.4 Å². The minimum absolute atomic E-state index is 0.379. The van der Waals surface area contributed by atoms with Crippen LogP contribution in [0.4, 0.5) is 0 Å². The highest BCUT2D eigenvalue weighted by molar-refractivity contribution is 6.31. The summed E-state index contributed by atoms with van der Waals surface area (Å²) < 4.78 is 2.17. The van der Waals surface area contributed by atoms with E-state index in [1.165, 1.54) is 5.56 Å². The monoisotopic (exact) mass is 318 g/mol. The average molecular weight is 319 g/mol. The van der Waals surface area contributed by atoms with Gasteiger partial charge in [-0.05, 0) is 29.7 Å². The van der Waals surface area contributed by atoms with Gasteiger partial charge in [-0.25, -0.2) is 4.98 Å². The highest BCUT2D eigenvalue weighted by Gasteiger charge is 2.14. The van der Waals surface area contributed by atoms with E-state index in [0.29, 0.717) is 11.8 Å². The maximum atomic E-state index is 6.12. The molecule has 0 aliphatic carbocycles. The maximum absolute atomic E-state index is 6.12. The van der Waals surface area contributed by atoms with Crippen molar-refractivity contribution in [1.82, 2.24) is 9.55 Å². The van der Waals surface area contributed by atoms with E-state index in [4.69, 9.17) is 23.2 Å². The lowest BCUT2D eigenvalue weighted by atomic mass is 10.0. The Hall–Kier alpha value is -1.51. The normalized spacial score (nSPS) is 12.7. The average Bonchev–Trinajstić information content (AvgIpc) is 2.85. The summed E-state index contributed by atoms with van der Waals surface area (Å²) in [5.74, 6) is 1.66. The molecule has 0 N–H and O–H groups in total. The zero-order valence-electron chi connectivity index (χ0n) is 11.8. The van der Waals surface area contributed by atoms with Crippen LogP contribution in [0.3, 0.4) is 0 Å². The predicted octanol–water partition coefficient (Wildman–Crippen LogP) is 5.23. The second-order valence-electron chi connectivity index (χ2n) is 5.22. The number of hydrogen-bond donors (Lipinski definition) is 0. The molecule has 108 valence electrons. The van der Waals surface area contributed by atoms with Crippen molar-refractivity contribution in [3.63, 3.8) is 0 Å². The number of halogens is 2. The van der Waals surface area contributed by atoms with Crippen LogP contribution < -0.4 is 0 Å². The molecule has 3 aromatic rings. The van der Waals surface area contributed by atoms with Crippen LogP contribution in [0, 0.1) is 0 Å². The van der Waals surface area contributed by atoms with E-state index >= 15 is 0 Å². The summed E-state index contributed by atoms with van der Waals surface area (Å²) in [7, 11) is 0. The molecule has 0 aliphatic rings. The second kappa shape index (κ2) is 6.08. The third kappa shape index (κ3) is 2.92. The molecule has 0 radical (unpaired) electrons. The van der Waals surface area contributed by atoms with E-state index in [9.17, 15) is 0 Å². The van der Waals surface area contributed by atoms with Gasteiger partial charge in [0.25, 0.3) is 0 Å². The first kappa shape index (κ1) is 14.4. The Morgan fingerprint density at radius 2 is 1.90 bits per heavy atom. The molecule has 0 fully saturated rings. The molecule has 1 heterocycles. The molecule has 3 rings (SSSR count). The maximum Gasteiger partial charge on any atom is 0.124 e. The molecule has 0 saturated heterocycles. The lowest BCUT2D eigenvalue weighted by Gasteiger charge is -2.15. The zero-order chi connectivity index (χ0) is 14.8. The van der Waals surface area contributed by atoms with E-state index in [1.807, 2.05) is 24.3 Å². The Bertz CT molecular complexity index is 750. The number of alkyl halides is 1. The van der Waals surface area contributed by atoms with Crippen LogP contribution in [-0.4, -0.2) is 9.55 Å². The third-order valence-electron chi connectivity index (χ3n) is 3.73. The van der Waals surface area contributed by atoms with Crippen molar-refractivity contribution in [2.45, 2.75) is 25.3 Å². The number of fused-ring (bicyclic) bond motifs is 1. The fourth-order valence-corrected chi connectivity index (χ4v) is 2.98. The molecule has 4 heteroatoms. The van der Waals surface area contributed by atoms with Gasteiger partial charge in [0.1, 0.15) is 5.82 Å². The lowest BCUT2D eigenvalue weighted by Crippen LogP contribution is -2.09. The highest BCUT2D eigenvalue weighted by Crippen LogP contribution is 2.25. The van der Waals surface area contributed by atoms with Crippen LogP contribution >= 0.6 is 23.2 Å². The van der Waals surface area contributed by atoms with Crippen molar-refractivity contribution in [3.05, 3.63) is 64.9 Å². The summed E-state index contributed by atoms with van der Waals surface area (Å²) in [6, 6.07) is 16.2. The lowest BCUT2D eigenvalue weighted by molar-refractivity contribution is 0.595. The number of nitrogens with zero attached hydrogens (tertiary/aromatic N) is 2. The zero-order valence-corrected chi connectivity index (χ0v) is 13.3. The molecule has 1 aromatic heterocycles. The fraction of sp³-hybridized carbons (Fsp3) is 0.235. The van der Waals surface area contributed by atoms with E-state index < -0.39 is 0 Å². The number of benzene rings is 2. The molecule has 0 saturated carbocycles. The third-order valence-corrected chi connectivity index (χ3v) is 4.21. The van der Waals surface area contributed by atoms with Gasteiger partial charge in [-0.1, -0.05) is 48.9 Å². The van der Waals surface area contributed by atoms with Crippen LogP contribution in [0.2, 0.25) is 5.02 Å². The molecular weight excluding hydrogens is 303 g/mol. The molecule has 0 bridgehead atoms. The summed E-state index contributed by atoms with van der Waals surface area (Å²) in [5.41, 5.74) is 3.29. The predicted molar refractivity (Wildman–Crippen MR) is 89.2 cm³/mol. The summed E-state index contributed by atoms with van der Waals surface area (Å²) >= 11 is 12.2. The van der Waals surface area contributed by atoms with Crippen molar-refractivity contribution in [2.75, 3.05) is 0 Å². The van der Waals surface area contributed by atoms with E-state index in [2.05, 4.69) is 40.7 Å². The van der Waals surface area contributed by atoms with Crippen LogP contribution in [0.15, 0.2) is 48.5 Å². The number of hydrogen-bond acceptors (Lipinski definition) is 1. The molecule has 1 atom stereocenters. The molecule has 2 aromatic carbocycles. The molecule has 21 heavy (non-hydrogen) atoms. The van der Waals surface area contributed by atoms with Crippen LogP contribution in [0.1, 0.15) is 24.2 Å². The summed E-state index contributed by atoms with van der Waals surface area (Å²) in [6.45, 7) is 3.05. The summed E-state index contributed by atoms with van der Waals surface area (Å²) in [5, 5.41) is 0.720. The van der Waals surface area contributed by atoms with Gasteiger partial charge in [-0.3, -0.25) is 0 Å². The topological polar surface area (TPSA) is 17.8 Å². The molecular formula is C17H16Cl2N2. The first-order chi connectivity index (χ1) is 10.2. The smallest absolute Gasteiger partial charge is 0.124 e. The van der Waals surface area contributed by atoms with Crippen molar-refractivity contribution in [3.8, 4) is 0 Å². The molecule has 0 amide bonds. The standard InChI is InChI=1S/C17H16Cl2N2/c1-12(13-5-3-2-4-6-13)11-21-16-9-14(19)7-8-15(16)20-17(21)10-18/h2-9,12H,10-11H2,1H3. The largest absolute Gasteiger partial charge is 0.326 e. The van der Waals surface area contributed by atoms with Gasteiger partial charge in [0.05, 0.1) is 16.9 Å². The first-order valence-electron chi connectivity index (χ1n) is 6.94. The van der Waals surface area contributed by atoms with Crippen molar-refractivity contribution in [1.29, 1.82) is 0 Å². The molecule has 0 aliphatic heterocycles. The Labute approximate surface area is 134 Å². The summed E-state index contributed by atoms with van der Waals surface area (Å²) in [6.07, 6.45) is 0.